The van der Waals surface area contributed by atoms with Crippen molar-refractivity contribution in [2.45, 2.75) is 25.7 Å². The number of rotatable bonds is 3. The van der Waals surface area contributed by atoms with E-state index < -0.39 is 0 Å². The zero-order chi connectivity index (χ0) is 12.1. The summed E-state index contributed by atoms with van der Waals surface area (Å²) < 4.78 is 0.936. The first-order valence-corrected chi connectivity index (χ1v) is 6.71. The number of halogens is 1. The largest absolute Gasteiger partial charge is 0.289 e. The van der Waals surface area contributed by atoms with Gasteiger partial charge in [-0.2, -0.15) is 0 Å². The minimum absolute atomic E-state index is 0.0566. The molecule has 0 saturated heterocycles. The third kappa shape index (κ3) is 3.67. The van der Waals surface area contributed by atoms with E-state index in [2.05, 4.69) is 22.0 Å². The van der Waals surface area contributed by atoms with Gasteiger partial charge in [-0.25, -0.2) is 0 Å². The molecule has 0 aliphatic heterocycles. The van der Waals surface area contributed by atoms with Crippen LogP contribution in [0.5, 0.6) is 0 Å². The van der Waals surface area contributed by atoms with Gasteiger partial charge in [-0.1, -0.05) is 45.8 Å². The molecule has 88 valence electrons. The first-order valence-electron chi connectivity index (χ1n) is 5.92. The van der Waals surface area contributed by atoms with Crippen LogP contribution in [0, 0.1) is 0 Å². The number of hydrogen-bond acceptors (Lipinski definition) is 1. The van der Waals surface area contributed by atoms with Crippen molar-refractivity contribution in [1.29, 1.82) is 0 Å². The van der Waals surface area contributed by atoms with Crippen LogP contribution in [0.15, 0.2) is 52.5 Å². The molecule has 1 saturated carbocycles. The fourth-order valence-electron chi connectivity index (χ4n) is 2.01. The minimum atomic E-state index is 0.0566. The molecule has 1 aromatic rings. The van der Waals surface area contributed by atoms with Gasteiger partial charge in [-0.15, -0.1) is 0 Å². The van der Waals surface area contributed by atoms with Crippen LogP contribution in [-0.2, 0) is 0 Å². The summed E-state index contributed by atoms with van der Waals surface area (Å²) in [5, 5.41) is 0. The minimum Gasteiger partial charge on any atom is -0.289 e. The highest BCUT2D eigenvalue weighted by atomic mass is 79.9. The second-order valence-corrected chi connectivity index (χ2v) is 5.18. The molecule has 0 amide bonds. The zero-order valence-corrected chi connectivity index (χ0v) is 11.2. The lowest BCUT2D eigenvalue weighted by Crippen LogP contribution is -1.93. The SMILES string of the molecule is O=C(/C=C/C=C1CCCC1)c1cccc(Br)c1. The van der Waals surface area contributed by atoms with Crippen LogP contribution in [0.1, 0.15) is 36.0 Å². The molecule has 1 nitrogen and oxygen atoms in total. The summed E-state index contributed by atoms with van der Waals surface area (Å²) in [4.78, 5) is 11.8. The van der Waals surface area contributed by atoms with E-state index in [4.69, 9.17) is 0 Å². The van der Waals surface area contributed by atoms with E-state index in [0.29, 0.717) is 0 Å². The van der Waals surface area contributed by atoms with Crippen molar-refractivity contribution in [3.05, 3.63) is 58.1 Å². The standard InChI is InChI=1S/C15H15BrO/c16-14-9-4-8-13(11-14)15(17)10-3-7-12-5-1-2-6-12/h3-4,7-11H,1-2,5-6H2/b10-3+. The van der Waals surface area contributed by atoms with Gasteiger partial charge >= 0.3 is 0 Å². The van der Waals surface area contributed by atoms with Crippen LogP contribution in [0.4, 0.5) is 0 Å². The van der Waals surface area contributed by atoms with Crippen LogP contribution in [0.3, 0.4) is 0 Å². The van der Waals surface area contributed by atoms with Crippen molar-refractivity contribution in [2.24, 2.45) is 0 Å². The Kier molecular flexibility index (Phi) is 4.32. The van der Waals surface area contributed by atoms with Crippen LogP contribution in [0.2, 0.25) is 0 Å². The average Bonchev–Trinajstić information content (AvgIpc) is 2.82. The van der Waals surface area contributed by atoms with Crippen LogP contribution in [-0.4, -0.2) is 5.78 Å². The van der Waals surface area contributed by atoms with Crippen LogP contribution < -0.4 is 0 Å². The predicted octanol–water partition coefficient (Wildman–Crippen LogP) is 4.69. The van der Waals surface area contributed by atoms with Gasteiger partial charge in [0.25, 0.3) is 0 Å². The summed E-state index contributed by atoms with van der Waals surface area (Å²) in [7, 11) is 0. The molecule has 0 radical (unpaired) electrons. The highest BCUT2D eigenvalue weighted by Gasteiger charge is 2.05. The van der Waals surface area contributed by atoms with E-state index in [9.17, 15) is 4.79 Å². The van der Waals surface area contributed by atoms with E-state index >= 15 is 0 Å². The van der Waals surface area contributed by atoms with Crippen molar-refractivity contribution in [1.82, 2.24) is 0 Å². The first-order chi connectivity index (χ1) is 8.25. The molecule has 0 spiro atoms. The molecular formula is C15H15BrO. The van der Waals surface area contributed by atoms with E-state index in [1.165, 1.54) is 31.3 Å². The zero-order valence-electron chi connectivity index (χ0n) is 9.66. The van der Waals surface area contributed by atoms with E-state index in [1.807, 2.05) is 30.3 Å². The van der Waals surface area contributed by atoms with Gasteiger partial charge in [-0.05, 0) is 43.9 Å². The van der Waals surface area contributed by atoms with Gasteiger partial charge in [0.15, 0.2) is 5.78 Å². The molecule has 17 heavy (non-hydrogen) atoms. The molecule has 1 aliphatic rings. The lowest BCUT2D eigenvalue weighted by molar-refractivity contribution is 0.104. The predicted molar refractivity (Wildman–Crippen MR) is 74.2 cm³/mol. The fourth-order valence-corrected chi connectivity index (χ4v) is 2.40. The number of allylic oxidation sites excluding steroid dienone is 4. The lowest BCUT2D eigenvalue weighted by Gasteiger charge is -1.96. The summed E-state index contributed by atoms with van der Waals surface area (Å²) in [6.45, 7) is 0. The van der Waals surface area contributed by atoms with Crippen molar-refractivity contribution >= 4 is 21.7 Å². The maximum Gasteiger partial charge on any atom is 0.185 e. The Morgan fingerprint density at radius 3 is 2.71 bits per heavy atom. The maximum atomic E-state index is 11.8. The Labute approximate surface area is 110 Å². The summed E-state index contributed by atoms with van der Waals surface area (Å²) in [5.41, 5.74) is 2.18. The maximum absolute atomic E-state index is 11.8. The van der Waals surface area contributed by atoms with E-state index in [0.717, 1.165) is 10.0 Å². The lowest BCUT2D eigenvalue weighted by atomic mass is 10.1. The molecular weight excluding hydrogens is 276 g/mol. The van der Waals surface area contributed by atoms with E-state index in [-0.39, 0.29) is 5.78 Å². The topological polar surface area (TPSA) is 17.1 Å². The molecule has 0 aromatic heterocycles. The molecule has 0 atom stereocenters. The Morgan fingerprint density at radius 2 is 2.00 bits per heavy atom. The molecule has 2 heteroatoms. The number of ketones is 1. The van der Waals surface area contributed by atoms with Crippen molar-refractivity contribution < 1.29 is 4.79 Å². The molecule has 0 N–H and O–H groups in total. The van der Waals surface area contributed by atoms with Crippen molar-refractivity contribution in [3.8, 4) is 0 Å². The Balaban J connectivity index is 2.01. The van der Waals surface area contributed by atoms with Crippen LogP contribution >= 0.6 is 15.9 Å². The molecule has 1 aliphatic carbocycles. The normalized spacial score (nSPS) is 15.5. The molecule has 0 heterocycles. The van der Waals surface area contributed by atoms with Gasteiger partial charge in [0.1, 0.15) is 0 Å². The third-order valence-electron chi connectivity index (χ3n) is 2.93. The van der Waals surface area contributed by atoms with Gasteiger partial charge in [0.2, 0.25) is 0 Å². The second-order valence-electron chi connectivity index (χ2n) is 4.27. The molecule has 0 unspecified atom stereocenters. The van der Waals surface area contributed by atoms with E-state index in [1.54, 1.807) is 6.08 Å². The Morgan fingerprint density at radius 1 is 1.24 bits per heavy atom. The summed E-state index contributed by atoms with van der Waals surface area (Å²) in [5.74, 6) is 0.0566. The molecule has 2 rings (SSSR count). The summed E-state index contributed by atoms with van der Waals surface area (Å²) in [6.07, 6.45) is 10.6. The van der Waals surface area contributed by atoms with Crippen LogP contribution in [0.25, 0.3) is 0 Å². The van der Waals surface area contributed by atoms with Gasteiger partial charge in [0, 0.05) is 10.0 Å². The monoisotopic (exact) mass is 290 g/mol. The quantitative estimate of drug-likeness (QED) is 0.583. The highest BCUT2D eigenvalue weighted by Crippen LogP contribution is 2.23. The number of carbonyl (C=O) groups excluding carboxylic acids is 1. The summed E-state index contributed by atoms with van der Waals surface area (Å²) in [6, 6.07) is 7.47. The number of hydrogen-bond donors (Lipinski definition) is 0. The second kappa shape index (κ2) is 5.97. The number of carbonyl (C=O) groups is 1. The van der Waals surface area contributed by atoms with Crippen molar-refractivity contribution in [2.75, 3.05) is 0 Å². The smallest absolute Gasteiger partial charge is 0.185 e. The van der Waals surface area contributed by atoms with Gasteiger partial charge in [-0.3, -0.25) is 4.79 Å². The Bertz CT molecular complexity index is 464. The summed E-state index contributed by atoms with van der Waals surface area (Å²) >= 11 is 3.36. The highest BCUT2D eigenvalue weighted by molar-refractivity contribution is 9.10. The molecule has 1 aromatic carbocycles. The van der Waals surface area contributed by atoms with Gasteiger partial charge < -0.3 is 0 Å². The number of benzene rings is 1. The van der Waals surface area contributed by atoms with Crippen molar-refractivity contribution in [3.63, 3.8) is 0 Å². The first kappa shape index (κ1) is 12.3. The third-order valence-corrected chi connectivity index (χ3v) is 3.43. The van der Waals surface area contributed by atoms with Gasteiger partial charge in [0.05, 0.1) is 0 Å². The fraction of sp³-hybridized carbons (Fsp3) is 0.267. The molecule has 0 bridgehead atoms. The average molecular weight is 291 g/mol. The Hall–Kier alpha value is -1.15. The molecule has 1 fully saturated rings.